The Morgan fingerprint density at radius 3 is 3.07 bits per heavy atom. The van der Waals surface area contributed by atoms with Gasteiger partial charge >= 0.3 is 5.69 Å². The third-order valence-electron chi connectivity index (χ3n) is 2.16. The van der Waals surface area contributed by atoms with Crippen LogP contribution in [0.2, 0.25) is 0 Å². The molecule has 14 heavy (non-hydrogen) atoms. The number of rotatable bonds is 1. The van der Waals surface area contributed by atoms with Gasteiger partial charge < -0.3 is 5.32 Å². The fraction of sp³-hybridized carbons (Fsp3) is 0.250. The SMILES string of the molecule is O=c1nccc2ncnc(C3CN3)n12. The van der Waals surface area contributed by atoms with Crippen molar-refractivity contribution < 1.29 is 0 Å². The van der Waals surface area contributed by atoms with E-state index in [9.17, 15) is 4.79 Å². The Bertz CT molecular complexity index is 539. The van der Waals surface area contributed by atoms with E-state index < -0.39 is 0 Å². The second-order valence-electron chi connectivity index (χ2n) is 3.11. The van der Waals surface area contributed by atoms with E-state index in [1.54, 1.807) is 6.07 Å². The van der Waals surface area contributed by atoms with Gasteiger partial charge in [0.05, 0.1) is 6.04 Å². The van der Waals surface area contributed by atoms with Crippen molar-refractivity contribution in [3.8, 4) is 0 Å². The predicted octanol–water partition coefficient (Wildman–Crippen LogP) is -0.871. The molecule has 2 aromatic heterocycles. The maximum Gasteiger partial charge on any atom is 0.354 e. The van der Waals surface area contributed by atoms with Crippen molar-refractivity contribution in [2.45, 2.75) is 6.04 Å². The van der Waals surface area contributed by atoms with Crippen LogP contribution in [0, 0.1) is 0 Å². The molecule has 0 radical (unpaired) electrons. The van der Waals surface area contributed by atoms with Crippen molar-refractivity contribution in [2.75, 3.05) is 6.54 Å². The van der Waals surface area contributed by atoms with Gasteiger partial charge in [-0.1, -0.05) is 0 Å². The van der Waals surface area contributed by atoms with Gasteiger partial charge in [-0.05, 0) is 0 Å². The largest absolute Gasteiger partial charge is 0.354 e. The molecule has 2 aromatic rings. The highest BCUT2D eigenvalue weighted by Crippen LogP contribution is 2.17. The molecule has 3 rings (SSSR count). The van der Waals surface area contributed by atoms with Crippen LogP contribution >= 0.6 is 0 Å². The molecule has 1 aliphatic heterocycles. The summed E-state index contributed by atoms with van der Waals surface area (Å²) in [5.74, 6) is 0.688. The molecule has 1 N–H and O–H groups in total. The first kappa shape index (κ1) is 7.57. The van der Waals surface area contributed by atoms with Crippen LogP contribution in [0.4, 0.5) is 0 Å². The van der Waals surface area contributed by atoms with Gasteiger partial charge in [-0.15, -0.1) is 0 Å². The van der Waals surface area contributed by atoms with Crippen LogP contribution in [0.25, 0.3) is 5.65 Å². The van der Waals surface area contributed by atoms with Crippen LogP contribution in [0.15, 0.2) is 23.4 Å². The molecule has 1 unspecified atom stereocenters. The van der Waals surface area contributed by atoms with Crippen LogP contribution in [0.1, 0.15) is 11.9 Å². The van der Waals surface area contributed by atoms with Crippen LogP contribution in [0.5, 0.6) is 0 Å². The van der Waals surface area contributed by atoms with Crippen molar-refractivity contribution >= 4 is 5.65 Å². The van der Waals surface area contributed by atoms with Gasteiger partial charge in [-0.2, -0.15) is 0 Å². The van der Waals surface area contributed by atoms with Gasteiger partial charge in [0.15, 0.2) is 0 Å². The Balaban J connectivity index is 2.43. The normalized spacial score (nSPS) is 19.9. The molecule has 0 bridgehead atoms. The number of nitrogens with zero attached hydrogens (tertiary/aromatic N) is 4. The van der Waals surface area contributed by atoms with Gasteiger partial charge in [0.2, 0.25) is 0 Å². The molecule has 1 fully saturated rings. The average molecular weight is 189 g/mol. The van der Waals surface area contributed by atoms with Crippen molar-refractivity contribution in [1.82, 2.24) is 24.7 Å². The van der Waals surface area contributed by atoms with Crippen LogP contribution in [-0.4, -0.2) is 25.9 Å². The summed E-state index contributed by atoms with van der Waals surface area (Å²) in [4.78, 5) is 23.2. The third-order valence-corrected chi connectivity index (χ3v) is 2.16. The minimum atomic E-state index is -0.327. The average Bonchev–Trinajstić information content (AvgIpc) is 3.01. The molecule has 6 nitrogen and oxygen atoms in total. The molecule has 3 heterocycles. The zero-order valence-electron chi connectivity index (χ0n) is 7.21. The minimum absolute atomic E-state index is 0.169. The molecule has 0 aromatic carbocycles. The summed E-state index contributed by atoms with van der Waals surface area (Å²) in [6.07, 6.45) is 2.92. The highest BCUT2D eigenvalue weighted by atomic mass is 16.1. The van der Waals surface area contributed by atoms with Crippen molar-refractivity contribution in [1.29, 1.82) is 0 Å². The molecule has 0 saturated carbocycles. The molecule has 0 amide bonds. The zero-order chi connectivity index (χ0) is 9.54. The Hall–Kier alpha value is -1.82. The summed E-state index contributed by atoms with van der Waals surface area (Å²) < 4.78 is 1.44. The van der Waals surface area contributed by atoms with Gasteiger partial charge in [-0.3, -0.25) is 0 Å². The van der Waals surface area contributed by atoms with E-state index in [4.69, 9.17) is 0 Å². The third kappa shape index (κ3) is 1.01. The van der Waals surface area contributed by atoms with E-state index in [0.29, 0.717) is 11.5 Å². The number of aromatic nitrogens is 4. The topological polar surface area (TPSA) is 82.1 Å². The number of hydrogen-bond donors (Lipinski definition) is 1. The Morgan fingerprint density at radius 2 is 2.29 bits per heavy atom. The summed E-state index contributed by atoms with van der Waals surface area (Å²) in [5, 5.41) is 3.09. The Labute approximate surface area is 78.7 Å². The number of nitrogens with one attached hydrogen (secondary N) is 1. The lowest BCUT2D eigenvalue weighted by molar-refractivity contribution is 0.800. The van der Waals surface area contributed by atoms with Gasteiger partial charge in [0.25, 0.3) is 0 Å². The number of hydrogen-bond acceptors (Lipinski definition) is 5. The molecule has 6 heteroatoms. The molecule has 0 spiro atoms. The molecular formula is C8H7N5O. The van der Waals surface area contributed by atoms with Crippen molar-refractivity contribution in [3.63, 3.8) is 0 Å². The lowest BCUT2D eigenvalue weighted by Gasteiger charge is -2.02. The number of fused-ring (bicyclic) bond motifs is 1. The van der Waals surface area contributed by atoms with Crippen LogP contribution < -0.4 is 11.0 Å². The van der Waals surface area contributed by atoms with E-state index in [2.05, 4.69) is 20.3 Å². The fourth-order valence-corrected chi connectivity index (χ4v) is 1.41. The van der Waals surface area contributed by atoms with E-state index in [1.807, 2.05) is 0 Å². The second-order valence-corrected chi connectivity index (χ2v) is 3.11. The fourth-order valence-electron chi connectivity index (χ4n) is 1.41. The molecule has 1 atom stereocenters. The summed E-state index contributed by atoms with van der Waals surface area (Å²) in [5.41, 5.74) is 0.260. The first-order valence-electron chi connectivity index (χ1n) is 4.28. The molecule has 1 saturated heterocycles. The molecular weight excluding hydrogens is 182 g/mol. The maximum atomic E-state index is 11.5. The maximum absolute atomic E-state index is 11.5. The summed E-state index contributed by atoms with van der Waals surface area (Å²) in [7, 11) is 0. The van der Waals surface area contributed by atoms with Crippen molar-refractivity contribution in [3.05, 3.63) is 34.9 Å². The summed E-state index contributed by atoms with van der Waals surface area (Å²) in [6.45, 7) is 0.855. The minimum Gasteiger partial charge on any atom is -0.304 e. The van der Waals surface area contributed by atoms with Crippen LogP contribution in [0.3, 0.4) is 0 Å². The summed E-state index contributed by atoms with van der Waals surface area (Å²) >= 11 is 0. The summed E-state index contributed by atoms with van der Waals surface area (Å²) in [6, 6.07) is 1.86. The highest BCUT2D eigenvalue weighted by molar-refractivity contribution is 5.36. The van der Waals surface area contributed by atoms with Gasteiger partial charge in [0.1, 0.15) is 17.8 Å². The van der Waals surface area contributed by atoms with Gasteiger partial charge in [0, 0.05) is 18.8 Å². The van der Waals surface area contributed by atoms with E-state index in [0.717, 1.165) is 6.54 Å². The smallest absolute Gasteiger partial charge is 0.304 e. The standard InChI is InChI=1S/C8H7N5O/c14-8-9-2-1-6-11-4-12-7(13(6)8)5-3-10-5/h1-2,4-5,10H,3H2. The van der Waals surface area contributed by atoms with E-state index in [1.165, 1.54) is 16.9 Å². The molecule has 1 aliphatic rings. The first-order valence-corrected chi connectivity index (χ1v) is 4.28. The second kappa shape index (κ2) is 2.58. The van der Waals surface area contributed by atoms with E-state index >= 15 is 0 Å². The Kier molecular flexibility index (Phi) is 1.40. The predicted molar refractivity (Wildman–Crippen MR) is 47.8 cm³/mol. The van der Waals surface area contributed by atoms with Crippen molar-refractivity contribution in [2.24, 2.45) is 0 Å². The highest BCUT2D eigenvalue weighted by Gasteiger charge is 2.27. The lowest BCUT2D eigenvalue weighted by Crippen LogP contribution is -2.21. The van der Waals surface area contributed by atoms with Gasteiger partial charge in [-0.25, -0.2) is 24.1 Å². The first-order chi connectivity index (χ1) is 6.86. The lowest BCUT2D eigenvalue weighted by atomic mass is 10.4. The monoisotopic (exact) mass is 189 g/mol. The quantitative estimate of drug-likeness (QED) is 0.589. The van der Waals surface area contributed by atoms with E-state index in [-0.39, 0.29) is 11.7 Å². The zero-order valence-corrected chi connectivity index (χ0v) is 7.21. The molecule has 0 aliphatic carbocycles. The van der Waals surface area contributed by atoms with Crippen LogP contribution in [-0.2, 0) is 0 Å². The molecule has 70 valence electrons. The Morgan fingerprint density at radius 1 is 1.43 bits per heavy atom.